The molecule has 0 fully saturated rings. The van der Waals surface area contributed by atoms with Crippen molar-refractivity contribution in [1.29, 1.82) is 0 Å². The van der Waals surface area contributed by atoms with E-state index in [9.17, 15) is 18.7 Å². The predicted molar refractivity (Wildman–Crippen MR) is 81.1 cm³/mol. The first-order chi connectivity index (χ1) is 10.9. The minimum Gasteiger partial charge on any atom is -0.503 e. The molecule has 2 atom stereocenters. The van der Waals surface area contributed by atoms with Crippen LogP contribution in [0.2, 0.25) is 0 Å². The SMILES string of the molecule is C[C@H](NC(=O)c1cc(F)c(O)c(F)c1)[C@@H](O)Cc1ccccc1. The normalized spacial score (nSPS) is 13.4. The van der Waals surface area contributed by atoms with Gasteiger partial charge < -0.3 is 15.5 Å². The molecule has 0 aromatic heterocycles. The fourth-order valence-electron chi connectivity index (χ4n) is 2.12. The Balaban J connectivity index is 2.02. The molecule has 2 rings (SSSR count). The quantitative estimate of drug-likeness (QED) is 0.792. The zero-order valence-corrected chi connectivity index (χ0v) is 12.5. The predicted octanol–water partition coefficient (Wildman–Crippen LogP) is 2.39. The van der Waals surface area contributed by atoms with Gasteiger partial charge in [-0.2, -0.15) is 0 Å². The molecule has 0 heterocycles. The van der Waals surface area contributed by atoms with Crippen LogP contribution in [0.5, 0.6) is 5.75 Å². The molecule has 4 nitrogen and oxygen atoms in total. The summed E-state index contributed by atoms with van der Waals surface area (Å²) in [6.07, 6.45) is -0.520. The number of aliphatic hydroxyl groups excluding tert-OH is 1. The summed E-state index contributed by atoms with van der Waals surface area (Å²) in [5, 5.41) is 21.6. The van der Waals surface area contributed by atoms with E-state index in [1.165, 1.54) is 0 Å². The molecule has 2 aromatic rings. The Morgan fingerprint density at radius 3 is 2.30 bits per heavy atom. The first-order valence-electron chi connectivity index (χ1n) is 7.09. The average Bonchev–Trinajstić information content (AvgIpc) is 2.52. The Hall–Kier alpha value is -2.47. The number of carbonyl (C=O) groups excluding carboxylic acids is 1. The van der Waals surface area contributed by atoms with Crippen molar-refractivity contribution < 1.29 is 23.8 Å². The standard InChI is InChI=1S/C17H17F2NO3/c1-10(15(21)7-11-5-3-2-4-6-11)20-17(23)12-8-13(18)16(22)14(19)9-12/h2-6,8-10,15,21-22H,7H2,1H3,(H,20,23)/t10-,15-/m0/s1. The van der Waals surface area contributed by atoms with Crippen molar-refractivity contribution in [1.82, 2.24) is 5.32 Å². The lowest BCUT2D eigenvalue weighted by molar-refractivity contribution is 0.0851. The van der Waals surface area contributed by atoms with Gasteiger partial charge in [-0.3, -0.25) is 4.79 Å². The maximum Gasteiger partial charge on any atom is 0.251 e. The average molecular weight is 321 g/mol. The van der Waals surface area contributed by atoms with Crippen LogP contribution in [0.25, 0.3) is 0 Å². The molecule has 6 heteroatoms. The number of aliphatic hydroxyl groups is 1. The number of hydrogen-bond donors (Lipinski definition) is 3. The van der Waals surface area contributed by atoms with Gasteiger partial charge in [-0.05, 0) is 24.6 Å². The topological polar surface area (TPSA) is 69.6 Å². The lowest BCUT2D eigenvalue weighted by Crippen LogP contribution is -2.42. The van der Waals surface area contributed by atoms with Crippen LogP contribution in [-0.2, 0) is 6.42 Å². The second-order valence-electron chi connectivity index (χ2n) is 5.31. The van der Waals surface area contributed by atoms with Gasteiger partial charge >= 0.3 is 0 Å². The monoisotopic (exact) mass is 321 g/mol. The van der Waals surface area contributed by atoms with Crippen LogP contribution in [0.3, 0.4) is 0 Å². The van der Waals surface area contributed by atoms with Crippen LogP contribution in [0.1, 0.15) is 22.8 Å². The number of amides is 1. The number of benzene rings is 2. The van der Waals surface area contributed by atoms with E-state index in [1.54, 1.807) is 6.92 Å². The minimum atomic E-state index is -1.22. The van der Waals surface area contributed by atoms with E-state index in [4.69, 9.17) is 5.11 Å². The molecule has 0 aliphatic rings. The van der Waals surface area contributed by atoms with E-state index < -0.39 is 35.4 Å². The van der Waals surface area contributed by atoms with Crippen LogP contribution in [0.4, 0.5) is 8.78 Å². The Morgan fingerprint density at radius 2 is 1.74 bits per heavy atom. The fourth-order valence-corrected chi connectivity index (χ4v) is 2.12. The maximum absolute atomic E-state index is 13.3. The Kier molecular flexibility index (Phi) is 5.28. The highest BCUT2D eigenvalue weighted by molar-refractivity contribution is 5.94. The summed E-state index contributed by atoms with van der Waals surface area (Å²) in [6.45, 7) is 1.60. The zero-order valence-electron chi connectivity index (χ0n) is 12.5. The second kappa shape index (κ2) is 7.19. The van der Waals surface area contributed by atoms with Gasteiger partial charge in [0.15, 0.2) is 17.4 Å². The summed E-state index contributed by atoms with van der Waals surface area (Å²) in [5.74, 6) is -4.29. The fraction of sp³-hybridized carbons (Fsp3) is 0.235. The number of phenols is 1. The van der Waals surface area contributed by atoms with E-state index in [0.717, 1.165) is 17.7 Å². The molecule has 2 aromatic carbocycles. The number of nitrogens with one attached hydrogen (secondary N) is 1. The van der Waals surface area contributed by atoms with E-state index in [0.29, 0.717) is 6.42 Å². The Bertz CT molecular complexity index is 668. The maximum atomic E-state index is 13.3. The van der Waals surface area contributed by atoms with Crippen LogP contribution >= 0.6 is 0 Å². The second-order valence-corrected chi connectivity index (χ2v) is 5.31. The summed E-state index contributed by atoms with van der Waals surface area (Å²) in [7, 11) is 0. The molecule has 0 unspecified atom stereocenters. The number of rotatable bonds is 5. The molecule has 0 bridgehead atoms. The van der Waals surface area contributed by atoms with Gasteiger partial charge in [-0.1, -0.05) is 30.3 Å². The minimum absolute atomic E-state index is 0.267. The van der Waals surface area contributed by atoms with Crippen molar-refractivity contribution in [2.24, 2.45) is 0 Å². The summed E-state index contributed by atoms with van der Waals surface area (Å²) in [4.78, 5) is 12.0. The van der Waals surface area contributed by atoms with Crippen LogP contribution in [-0.4, -0.2) is 28.3 Å². The summed E-state index contributed by atoms with van der Waals surface area (Å²) < 4.78 is 26.5. The van der Waals surface area contributed by atoms with Crippen molar-refractivity contribution in [2.45, 2.75) is 25.5 Å². The molecular formula is C17H17F2NO3. The van der Waals surface area contributed by atoms with Crippen molar-refractivity contribution in [3.05, 3.63) is 65.2 Å². The van der Waals surface area contributed by atoms with Gasteiger partial charge in [0.05, 0.1) is 12.1 Å². The molecule has 122 valence electrons. The van der Waals surface area contributed by atoms with Gasteiger partial charge in [-0.25, -0.2) is 8.78 Å². The molecule has 0 aliphatic heterocycles. The van der Waals surface area contributed by atoms with Gasteiger partial charge in [0.2, 0.25) is 0 Å². The molecular weight excluding hydrogens is 304 g/mol. The number of halogens is 2. The smallest absolute Gasteiger partial charge is 0.251 e. The van der Waals surface area contributed by atoms with Gasteiger partial charge in [0.1, 0.15) is 0 Å². The Labute approximate surface area is 132 Å². The van der Waals surface area contributed by atoms with Gasteiger partial charge in [-0.15, -0.1) is 0 Å². The summed E-state index contributed by atoms with van der Waals surface area (Å²) in [6, 6.07) is 10.1. The third-order valence-corrected chi connectivity index (χ3v) is 3.50. The molecule has 3 N–H and O–H groups in total. The molecule has 0 saturated heterocycles. The van der Waals surface area contributed by atoms with Crippen molar-refractivity contribution in [2.75, 3.05) is 0 Å². The van der Waals surface area contributed by atoms with E-state index in [2.05, 4.69) is 5.32 Å². The molecule has 23 heavy (non-hydrogen) atoms. The number of carbonyl (C=O) groups is 1. The van der Waals surface area contributed by atoms with Crippen LogP contribution in [0.15, 0.2) is 42.5 Å². The lowest BCUT2D eigenvalue weighted by atomic mass is 10.0. The zero-order chi connectivity index (χ0) is 17.0. The highest BCUT2D eigenvalue weighted by atomic mass is 19.1. The van der Waals surface area contributed by atoms with Crippen molar-refractivity contribution in [3.8, 4) is 5.75 Å². The molecule has 0 aliphatic carbocycles. The van der Waals surface area contributed by atoms with Crippen LogP contribution < -0.4 is 5.32 Å². The highest BCUT2D eigenvalue weighted by Gasteiger charge is 2.20. The molecule has 1 amide bonds. The third kappa shape index (κ3) is 4.26. The van der Waals surface area contributed by atoms with E-state index in [1.807, 2.05) is 30.3 Å². The molecule has 0 saturated carbocycles. The lowest BCUT2D eigenvalue weighted by Gasteiger charge is -2.20. The Morgan fingerprint density at radius 1 is 1.17 bits per heavy atom. The summed E-state index contributed by atoms with van der Waals surface area (Å²) >= 11 is 0. The first kappa shape index (κ1) is 16.9. The van der Waals surface area contributed by atoms with Crippen molar-refractivity contribution >= 4 is 5.91 Å². The number of aromatic hydroxyl groups is 1. The van der Waals surface area contributed by atoms with E-state index in [-0.39, 0.29) is 5.56 Å². The third-order valence-electron chi connectivity index (χ3n) is 3.50. The number of hydrogen-bond acceptors (Lipinski definition) is 3. The van der Waals surface area contributed by atoms with Gasteiger partial charge in [0.25, 0.3) is 5.91 Å². The first-order valence-corrected chi connectivity index (χ1v) is 7.09. The molecule has 0 radical (unpaired) electrons. The summed E-state index contributed by atoms with van der Waals surface area (Å²) in [5.41, 5.74) is 0.638. The van der Waals surface area contributed by atoms with E-state index >= 15 is 0 Å². The van der Waals surface area contributed by atoms with Crippen LogP contribution in [0, 0.1) is 11.6 Å². The number of phenolic OH excluding ortho intramolecular Hbond substituents is 1. The highest BCUT2D eigenvalue weighted by Crippen LogP contribution is 2.21. The molecule has 0 spiro atoms. The van der Waals surface area contributed by atoms with Gasteiger partial charge in [0, 0.05) is 12.0 Å². The van der Waals surface area contributed by atoms with Crippen molar-refractivity contribution in [3.63, 3.8) is 0 Å². The largest absolute Gasteiger partial charge is 0.503 e.